The van der Waals surface area contributed by atoms with Crippen LogP contribution in [0.25, 0.3) is 22.0 Å². The molecule has 0 aliphatic rings. The molecule has 0 bridgehead atoms. The summed E-state index contributed by atoms with van der Waals surface area (Å²) in [6.07, 6.45) is 0.710. The zero-order valence-electron chi connectivity index (χ0n) is 18.5. The second kappa shape index (κ2) is 9.45. The molecule has 1 aromatic heterocycles. The molecule has 0 radical (unpaired) electrons. The van der Waals surface area contributed by atoms with Gasteiger partial charge < -0.3 is 9.64 Å². The van der Waals surface area contributed by atoms with Gasteiger partial charge in [0.1, 0.15) is 11.6 Å². The third-order valence-electron chi connectivity index (χ3n) is 5.66. The molecule has 3 aromatic carbocycles. The summed E-state index contributed by atoms with van der Waals surface area (Å²) in [5, 5.41) is 0.945. The number of nitrogens with zero attached hydrogens (tertiary/aromatic N) is 2. The fourth-order valence-corrected chi connectivity index (χ4v) is 4.15. The Labute approximate surface area is 187 Å². The average molecular weight is 433 g/mol. The third kappa shape index (κ3) is 4.63. The van der Waals surface area contributed by atoms with E-state index in [0.717, 1.165) is 40.2 Å². The lowest BCUT2D eigenvalue weighted by atomic mass is 9.85. The molecule has 3 nitrogen and oxygen atoms in total. The predicted molar refractivity (Wildman–Crippen MR) is 125 cm³/mol. The number of hydrogen-bond acceptors (Lipinski definition) is 3. The standard InChI is InChI=1S/C27H26F2N2O/c1-31(2)13-12-22(19-14-20(28)16-21(29)15-19)23-10-7-11-26-25(23)17-24(27(30-26)32-3)18-8-5-4-6-9-18/h4-11,14-17,22H,12-13H2,1-3H3. The number of benzene rings is 3. The van der Waals surface area contributed by atoms with Crippen molar-refractivity contribution < 1.29 is 13.5 Å². The Morgan fingerprint density at radius 1 is 0.906 bits per heavy atom. The smallest absolute Gasteiger partial charge is 0.221 e. The van der Waals surface area contributed by atoms with Crippen LogP contribution >= 0.6 is 0 Å². The molecule has 1 atom stereocenters. The number of methoxy groups -OCH3 is 1. The minimum absolute atomic E-state index is 0.190. The van der Waals surface area contributed by atoms with Gasteiger partial charge in [-0.1, -0.05) is 42.5 Å². The van der Waals surface area contributed by atoms with Crippen LogP contribution in [0.15, 0.2) is 72.8 Å². The van der Waals surface area contributed by atoms with E-state index >= 15 is 0 Å². The summed E-state index contributed by atoms with van der Waals surface area (Å²) in [5.41, 5.74) is 4.27. The summed E-state index contributed by atoms with van der Waals surface area (Å²) in [5.74, 6) is -0.785. The second-order valence-corrected chi connectivity index (χ2v) is 8.17. The average Bonchev–Trinajstić information content (AvgIpc) is 2.78. The number of aromatic nitrogens is 1. The summed E-state index contributed by atoms with van der Waals surface area (Å²) in [6.45, 7) is 0.772. The van der Waals surface area contributed by atoms with Gasteiger partial charge in [-0.2, -0.15) is 0 Å². The van der Waals surface area contributed by atoms with Gasteiger partial charge in [0.2, 0.25) is 5.88 Å². The van der Waals surface area contributed by atoms with Crippen molar-refractivity contribution in [2.24, 2.45) is 0 Å². The fourth-order valence-electron chi connectivity index (χ4n) is 4.15. The van der Waals surface area contributed by atoms with Crippen LogP contribution in [0.3, 0.4) is 0 Å². The van der Waals surface area contributed by atoms with Crippen molar-refractivity contribution in [1.29, 1.82) is 0 Å². The molecule has 0 spiro atoms. The van der Waals surface area contributed by atoms with Crippen molar-refractivity contribution in [1.82, 2.24) is 9.88 Å². The first kappa shape index (κ1) is 21.9. The molecule has 32 heavy (non-hydrogen) atoms. The van der Waals surface area contributed by atoms with E-state index in [1.807, 2.05) is 62.6 Å². The largest absolute Gasteiger partial charge is 0.481 e. The number of ether oxygens (including phenoxy) is 1. The van der Waals surface area contributed by atoms with Gasteiger partial charge in [-0.15, -0.1) is 0 Å². The Hall–Kier alpha value is -3.31. The maximum absolute atomic E-state index is 14.1. The number of rotatable bonds is 7. The van der Waals surface area contributed by atoms with Crippen molar-refractivity contribution in [2.45, 2.75) is 12.3 Å². The molecule has 0 aliphatic heterocycles. The van der Waals surface area contributed by atoms with E-state index in [0.29, 0.717) is 17.9 Å². The Morgan fingerprint density at radius 3 is 2.28 bits per heavy atom. The number of halogens is 2. The van der Waals surface area contributed by atoms with Crippen molar-refractivity contribution in [3.63, 3.8) is 0 Å². The monoisotopic (exact) mass is 432 g/mol. The van der Waals surface area contributed by atoms with E-state index in [-0.39, 0.29) is 5.92 Å². The highest BCUT2D eigenvalue weighted by Crippen LogP contribution is 2.38. The molecule has 4 rings (SSSR count). The molecule has 164 valence electrons. The van der Waals surface area contributed by atoms with Crippen molar-refractivity contribution in [3.8, 4) is 17.0 Å². The highest BCUT2D eigenvalue weighted by molar-refractivity contribution is 5.89. The molecule has 4 aromatic rings. The van der Waals surface area contributed by atoms with Crippen LogP contribution in [-0.2, 0) is 0 Å². The van der Waals surface area contributed by atoms with Crippen LogP contribution in [0.4, 0.5) is 8.78 Å². The summed E-state index contributed by atoms with van der Waals surface area (Å²) in [7, 11) is 5.60. The van der Waals surface area contributed by atoms with E-state index in [1.54, 1.807) is 7.11 Å². The van der Waals surface area contributed by atoms with Gasteiger partial charge in [0, 0.05) is 22.9 Å². The highest BCUT2D eigenvalue weighted by Gasteiger charge is 2.21. The van der Waals surface area contributed by atoms with Crippen LogP contribution in [0, 0.1) is 11.6 Å². The van der Waals surface area contributed by atoms with Crippen molar-refractivity contribution >= 4 is 10.9 Å². The van der Waals surface area contributed by atoms with Crippen LogP contribution < -0.4 is 4.74 Å². The molecule has 0 fully saturated rings. The molecule has 1 unspecified atom stereocenters. The first-order valence-electron chi connectivity index (χ1n) is 10.6. The van der Waals surface area contributed by atoms with Gasteiger partial charge in [-0.25, -0.2) is 13.8 Å². The van der Waals surface area contributed by atoms with Crippen LogP contribution in [0.5, 0.6) is 5.88 Å². The molecular weight excluding hydrogens is 406 g/mol. The minimum Gasteiger partial charge on any atom is -0.481 e. The van der Waals surface area contributed by atoms with Crippen molar-refractivity contribution in [2.75, 3.05) is 27.7 Å². The molecule has 0 amide bonds. The molecule has 1 heterocycles. The first-order valence-corrected chi connectivity index (χ1v) is 10.6. The van der Waals surface area contributed by atoms with Crippen LogP contribution in [-0.4, -0.2) is 37.6 Å². The highest BCUT2D eigenvalue weighted by atomic mass is 19.1. The van der Waals surface area contributed by atoms with Gasteiger partial charge in [0.05, 0.1) is 12.6 Å². The van der Waals surface area contributed by atoms with Crippen LogP contribution in [0.1, 0.15) is 23.5 Å². The topological polar surface area (TPSA) is 25.4 Å². The Bertz CT molecular complexity index is 1200. The molecule has 0 saturated carbocycles. The lowest BCUT2D eigenvalue weighted by Crippen LogP contribution is -2.17. The zero-order chi connectivity index (χ0) is 22.7. The zero-order valence-corrected chi connectivity index (χ0v) is 18.5. The van der Waals surface area contributed by atoms with Gasteiger partial charge in [-0.05, 0) is 68.0 Å². The van der Waals surface area contributed by atoms with Gasteiger partial charge in [0.25, 0.3) is 0 Å². The lowest BCUT2D eigenvalue weighted by Gasteiger charge is -2.22. The predicted octanol–water partition coefficient (Wildman–Crippen LogP) is 6.27. The number of pyridine rings is 1. The summed E-state index contributed by atoms with van der Waals surface area (Å²) in [4.78, 5) is 6.83. The SMILES string of the molecule is COc1nc2cccc(C(CCN(C)C)c3cc(F)cc(F)c3)c2cc1-c1ccccc1. The van der Waals surface area contributed by atoms with E-state index in [4.69, 9.17) is 9.72 Å². The third-order valence-corrected chi connectivity index (χ3v) is 5.66. The Balaban J connectivity index is 1.93. The van der Waals surface area contributed by atoms with E-state index in [9.17, 15) is 8.78 Å². The molecule has 0 saturated heterocycles. The Kier molecular flexibility index (Phi) is 6.47. The van der Waals surface area contributed by atoms with E-state index < -0.39 is 11.6 Å². The van der Waals surface area contributed by atoms with Gasteiger partial charge >= 0.3 is 0 Å². The summed E-state index contributed by atoms with van der Waals surface area (Å²) < 4.78 is 33.8. The summed E-state index contributed by atoms with van der Waals surface area (Å²) in [6, 6.07) is 21.7. The number of fused-ring (bicyclic) bond motifs is 1. The van der Waals surface area contributed by atoms with E-state index in [1.165, 1.54) is 12.1 Å². The summed E-state index contributed by atoms with van der Waals surface area (Å²) >= 11 is 0. The minimum atomic E-state index is -0.570. The second-order valence-electron chi connectivity index (χ2n) is 8.17. The molecule has 5 heteroatoms. The normalized spacial score (nSPS) is 12.3. The Morgan fingerprint density at radius 2 is 1.62 bits per heavy atom. The maximum Gasteiger partial charge on any atom is 0.221 e. The molecule has 0 N–H and O–H groups in total. The van der Waals surface area contributed by atoms with Crippen molar-refractivity contribution in [3.05, 3.63) is 95.6 Å². The quantitative estimate of drug-likeness (QED) is 0.344. The fraction of sp³-hybridized carbons (Fsp3) is 0.222. The number of hydrogen-bond donors (Lipinski definition) is 0. The van der Waals surface area contributed by atoms with E-state index in [2.05, 4.69) is 11.0 Å². The first-order chi connectivity index (χ1) is 15.5. The van der Waals surface area contributed by atoms with Gasteiger partial charge in [-0.3, -0.25) is 0 Å². The van der Waals surface area contributed by atoms with Gasteiger partial charge in [0.15, 0.2) is 0 Å². The molecular formula is C27H26F2N2O. The van der Waals surface area contributed by atoms with Crippen LogP contribution in [0.2, 0.25) is 0 Å². The molecule has 0 aliphatic carbocycles. The maximum atomic E-state index is 14.1. The lowest BCUT2D eigenvalue weighted by molar-refractivity contribution is 0.390.